The molecule has 0 spiro atoms. The van der Waals surface area contributed by atoms with Crippen LogP contribution in [-0.2, 0) is 6.42 Å². The molecule has 0 bridgehead atoms. The highest BCUT2D eigenvalue weighted by atomic mass is 15.2. The monoisotopic (exact) mass is 263 g/mol. The van der Waals surface area contributed by atoms with Crippen LogP contribution in [0.25, 0.3) is 0 Å². The van der Waals surface area contributed by atoms with Gasteiger partial charge in [0.25, 0.3) is 0 Å². The van der Waals surface area contributed by atoms with Gasteiger partial charge in [-0.2, -0.15) is 0 Å². The van der Waals surface area contributed by atoms with Crippen molar-refractivity contribution in [3.8, 4) is 0 Å². The Labute approximate surface area is 118 Å². The van der Waals surface area contributed by atoms with Gasteiger partial charge >= 0.3 is 0 Å². The van der Waals surface area contributed by atoms with Gasteiger partial charge in [0.2, 0.25) is 0 Å². The summed E-state index contributed by atoms with van der Waals surface area (Å²) in [6, 6.07) is 8.65. The predicted octanol–water partition coefficient (Wildman–Crippen LogP) is 2.21. The van der Waals surface area contributed by atoms with Gasteiger partial charge in [-0.3, -0.25) is 0 Å². The van der Waals surface area contributed by atoms with Crippen LogP contribution in [-0.4, -0.2) is 45.2 Å². The molecule has 0 radical (unpaired) electrons. The van der Waals surface area contributed by atoms with E-state index < -0.39 is 0 Å². The molecule has 2 N–H and O–H groups in total. The molecule has 108 valence electrons. The van der Waals surface area contributed by atoms with E-state index in [-0.39, 0.29) is 0 Å². The fraction of sp³-hybridized carbons (Fsp3) is 0.625. The van der Waals surface area contributed by atoms with Crippen molar-refractivity contribution in [2.24, 2.45) is 11.7 Å². The summed E-state index contributed by atoms with van der Waals surface area (Å²) < 4.78 is 0. The Kier molecular flexibility index (Phi) is 6.89. The number of benzene rings is 1. The van der Waals surface area contributed by atoms with Crippen LogP contribution in [0, 0.1) is 5.92 Å². The summed E-state index contributed by atoms with van der Waals surface area (Å²) in [5.74, 6) is 0.660. The predicted molar refractivity (Wildman–Crippen MR) is 84.8 cm³/mol. The molecule has 19 heavy (non-hydrogen) atoms. The van der Waals surface area contributed by atoms with Crippen molar-refractivity contribution in [2.45, 2.75) is 20.3 Å². The van der Waals surface area contributed by atoms with Crippen molar-refractivity contribution in [3.05, 3.63) is 29.8 Å². The second kappa shape index (κ2) is 8.18. The first kappa shape index (κ1) is 16.0. The van der Waals surface area contributed by atoms with Crippen LogP contribution in [0.1, 0.15) is 19.4 Å². The number of rotatable bonds is 8. The molecular formula is C16H29N3. The first-order chi connectivity index (χ1) is 9.04. The summed E-state index contributed by atoms with van der Waals surface area (Å²) in [5.41, 5.74) is 8.44. The van der Waals surface area contributed by atoms with E-state index in [2.05, 4.69) is 62.0 Å². The van der Waals surface area contributed by atoms with Crippen LogP contribution in [0.3, 0.4) is 0 Å². The molecule has 0 saturated heterocycles. The second-order valence-electron chi connectivity index (χ2n) is 5.81. The molecule has 0 aliphatic rings. The maximum atomic E-state index is 5.73. The van der Waals surface area contributed by atoms with Crippen molar-refractivity contribution in [2.75, 3.05) is 45.2 Å². The number of hydrogen-bond donors (Lipinski definition) is 1. The Morgan fingerprint density at radius 1 is 1.11 bits per heavy atom. The molecule has 0 aliphatic carbocycles. The molecule has 1 rings (SSSR count). The molecule has 0 saturated carbocycles. The molecule has 0 unspecified atom stereocenters. The molecule has 3 nitrogen and oxygen atoms in total. The van der Waals surface area contributed by atoms with Gasteiger partial charge in [-0.15, -0.1) is 0 Å². The highest BCUT2D eigenvalue weighted by Gasteiger charge is 2.12. The summed E-state index contributed by atoms with van der Waals surface area (Å²) in [7, 11) is 4.25. The standard InChI is InChI=1S/C16H29N3/c1-14(2)13-19(12-11-18(3)4)16-8-6-5-7-15(16)9-10-17/h5-8,14H,9-13,17H2,1-4H3. The van der Waals surface area contributed by atoms with E-state index in [1.54, 1.807) is 0 Å². The lowest BCUT2D eigenvalue weighted by atomic mass is 10.1. The van der Waals surface area contributed by atoms with Gasteiger partial charge in [0.05, 0.1) is 0 Å². The molecule has 0 fully saturated rings. The molecule has 3 heteroatoms. The molecule has 0 atom stereocenters. The first-order valence-corrected chi connectivity index (χ1v) is 7.22. The van der Waals surface area contributed by atoms with Gasteiger partial charge in [-0.05, 0) is 44.6 Å². The Morgan fingerprint density at radius 2 is 1.79 bits per heavy atom. The number of nitrogens with two attached hydrogens (primary N) is 1. The number of para-hydroxylation sites is 1. The molecular weight excluding hydrogens is 234 g/mol. The van der Waals surface area contributed by atoms with E-state index in [1.807, 2.05) is 0 Å². The molecule has 0 aromatic heterocycles. The average Bonchev–Trinajstić information content (AvgIpc) is 2.35. The van der Waals surface area contributed by atoms with Crippen molar-refractivity contribution in [3.63, 3.8) is 0 Å². The fourth-order valence-electron chi connectivity index (χ4n) is 2.26. The van der Waals surface area contributed by atoms with Crippen LogP contribution in [0.2, 0.25) is 0 Å². The number of likely N-dealkylation sites (N-methyl/N-ethyl adjacent to an activating group) is 1. The van der Waals surface area contributed by atoms with E-state index in [1.165, 1.54) is 11.3 Å². The number of nitrogens with zero attached hydrogens (tertiary/aromatic N) is 2. The highest BCUT2D eigenvalue weighted by Crippen LogP contribution is 2.21. The van der Waals surface area contributed by atoms with Crippen LogP contribution in [0.5, 0.6) is 0 Å². The molecule has 0 amide bonds. The third kappa shape index (κ3) is 5.62. The zero-order chi connectivity index (χ0) is 14.3. The normalized spacial score (nSPS) is 11.3. The van der Waals surface area contributed by atoms with E-state index >= 15 is 0 Å². The quantitative estimate of drug-likeness (QED) is 0.780. The molecule has 1 aromatic rings. The van der Waals surface area contributed by atoms with Gasteiger partial charge in [-0.25, -0.2) is 0 Å². The molecule has 0 aliphatic heterocycles. The van der Waals surface area contributed by atoms with Crippen LogP contribution < -0.4 is 10.6 Å². The maximum absolute atomic E-state index is 5.73. The SMILES string of the molecule is CC(C)CN(CCN(C)C)c1ccccc1CCN. The molecule has 1 aromatic carbocycles. The smallest absolute Gasteiger partial charge is 0.0399 e. The van der Waals surface area contributed by atoms with Gasteiger partial charge in [0.1, 0.15) is 0 Å². The third-order valence-electron chi connectivity index (χ3n) is 3.15. The highest BCUT2D eigenvalue weighted by molar-refractivity contribution is 5.54. The minimum atomic E-state index is 0.660. The number of hydrogen-bond acceptors (Lipinski definition) is 3. The summed E-state index contributed by atoms with van der Waals surface area (Å²) >= 11 is 0. The number of anilines is 1. The van der Waals surface area contributed by atoms with Gasteiger partial charge < -0.3 is 15.5 Å². The van der Waals surface area contributed by atoms with E-state index in [0.29, 0.717) is 12.5 Å². The Morgan fingerprint density at radius 3 is 2.37 bits per heavy atom. The van der Waals surface area contributed by atoms with Crippen LogP contribution >= 0.6 is 0 Å². The minimum absolute atomic E-state index is 0.660. The van der Waals surface area contributed by atoms with Crippen molar-refractivity contribution in [1.82, 2.24) is 4.90 Å². The zero-order valence-corrected chi connectivity index (χ0v) is 12.9. The third-order valence-corrected chi connectivity index (χ3v) is 3.15. The zero-order valence-electron chi connectivity index (χ0n) is 12.9. The van der Waals surface area contributed by atoms with Crippen molar-refractivity contribution in [1.29, 1.82) is 0 Å². The van der Waals surface area contributed by atoms with E-state index in [0.717, 1.165) is 26.1 Å². The van der Waals surface area contributed by atoms with Crippen LogP contribution in [0.4, 0.5) is 5.69 Å². The van der Waals surface area contributed by atoms with Crippen molar-refractivity contribution < 1.29 is 0 Å². The lowest BCUT2D eigenvalue weighted by Crippen LogP contribution is -2.35. The van der Waals surface area contributed by atoms with Crippen LogP contribution in [0.15, 0.2) is 24.3 Å². The largest absolute Gasteiger partial charge is 0.370 e. The summed E-state index contributed by atoms with van der Waals surface area (Å²) in [5, 5.41) is 0. The van der Waals surface area contributed by atoms with Gasteiger partial charge in [0.15, 0.2) is 0 Å². The maximum Gasteiger partial charge on any atom is 0.0399 e. The van der Waals surface area contributed by atoms with Gasteiger partial charge in [-0.1, -0.05) is 32.0 Å². The first-order valence-electron chi connectivity index (χ1n) is 7.22. The Hall–Kier alpha value is -1.06. The van der Waals surface area contributed by atoms with E-state index in [9.17, 15) is 0 Å². The minimum Gasteiger partial charge on any atom is -0.370 e. The lowest BCUT2D eigenvalue weighted by Gasteiger charge is -2.30. The Balaban J connectivity index is 2.88. The summed E-state index contributed by atoms with van der Waals surface area (Å²) in [6.07, 6.45) is 0.951. The fourth-order valence-corrected chi connectivity index (χ4v) is 2.26. The second-order valence-corrected chi connectivity index (χ2v) is 5.81. The summed E-state index contributed by atoms with van der Waals surface area (Å²) in [6.45, 7) is 8.48. The van der Waals surface area contributed by atoms with Gasteiger partial charge in [0, 0.05) is 25.3 Å². The Bertz CT molecular complexity index is 361. The average molecular weight is 263 g/mol. The van der Waals surface area contributed by atoms with E-state index in [4.69, 9.17) is 5.73 Å². The topological polar surface area (TPSA) is 32.5 Å². The van der Waals surface area contributed by atoms with Crippen molar-refractivity contribution >= 4 is 5.69 Å². The molecule has 0 heterocycles. The lowest BCUT2D eigenvalue weighted by molar-refractivity contribution is 0.409. The summed E-state index contributed by atoms with van der Waals surface area (Å²) in [4.78, 5) is 4.73.